The fraction of sp³-hybridized carbons (Fsp3) is 0. The second-order valence-electron chi connectivity index (χ2n) is 5.84. The Morgan fingerprint density at radius 2 is 1.58 bits per heavy atom. The molecule has 6 heteroatoms. The van der Waals surface area contributed by atoms with Gasteiger partial charge in [-0.15, -0.1) is 0 Å². The number of nitrogens with two attached hydrogens (primary N) is 1. The molecular formula is C20H14Cl2N3O+. The van der Waals surface area contributed by atoms with Crippen LogP contribution in [0.3, 0.4) is 0 Å². The van der Waals surface area contributed by atoms with E-state index in [1.165, 1.54) is 6.07 Å². The molecule has 26 heavy (non-hydrogen) atoms. The predicted molar refractivity (Wildman–Crippen MR) is 106 cm³/mol. The maximum Gasteiger partial charge on any atom is 0.272 e. The van der Waals surface area contributed by atoms with E-state index in [1.54, 1.807) is 28.8 Å². The van der Waals surface area contributed by atoms with Crippen LogP contribution in [0.5, 0.6) is 0 Å². The van der Waals surface area contributed by atoms with Gasteiger partial charge in [0.1, 0.15) is 5.69 Å². The molecule has 0 amide bonds. The third-order valence-corrected chi connectivity index (χ3v) is 4.85. The highest BCUT2D eigenvalue weighted by Crippen LogP contribution is 2.31. The van der Waals surface area contributed by atoms with Gasteiger partial charge < -0.3 is 0 Å². The lowest BCUT2D eigenvalue weighted by Crippen LogP contribution is -2.21. The van der Waals surface area contributed by atoms with Crippen molar-refractivity contribution in [2.45, 2.75) is 0 Å². The van der Waals surface area contributed by atoms with Gasteiger partial charge in [-0.05, 0) is 30.3 Å². The highest BCUT2D eigenvalue weighted by molar-refractivity contribution is 6.33. The summed E-state index contributed by atoms with van der Waals surface area (Å²) in [5.41, 5.74) is 8.70. The number of benzene rings is 2. The molecule has 4 nitrogen and oxygen atoms in total. The van der Waals surface area contributed by atoms with Gasteiger partial charge in [0.05, 0.1) is 27.3 Å². The summed E-state index contributed by atoms with van der Waals surface area (Å²) in [5, 5.41) is 1.88. The summed E-state index contributed by atoms with van der Waals surface area (Å²) in [5.74, 6) is 0.416. The van der Waals surface area contributed by atoms with Crippen LogP contribution < -0.4 is 16.3 Å². The highest BCUT2D eigenvalue weighted by atomic mass is 35.5. The molecule has 0 radical (unpaired) electrons. The number of aromatic amines is 1. The lowest BCUT2D eigenvalue weighted by atomic mass is 10.1. The van der Waals surface area contributed by atoms with Crippen LogP contribution in [0, 0.1) is 0 Å². The van der Waals surface area contributed by atoms with Crippen molar-refractivity contribution in [3.63, 3.8) is 0 Å². The van der Waals surface area contributed by atoms with Crippen LogP contribution in [0.2, 0.25) is 10.0 Å². The van der Waals surface area contributed by atoms with Crippen molar-refractivity contribution in [1.82, 2.24) is 4.57 Å². The molecular weight excluding hydrogens is 369 g/mol. The number of para-hydroxylation sites is 1. The van der Waals surface area contributed by atoms with Crippen molar-refractivity contribution < 1.29 is 4.98 Å². The fourth-order valence-electron chi connectivity index (χ4n) is 3.06. The van der Waals surface area contributed by atoms with Crippen molar-refractivity contribution in [3.8, 4) is 16.9 Å². The summed E-state index contributed by atoms with van der Waals surface area (Å²) in [6, 6.07) is 19.7. The molecule has 0 spiro atoms. The molecule has 0 fully saturated rings. The summed E-state index contributed by atoms with van der Waals surface area (Å²) in [6.07, 6.45) is 0. The predicted octanol–water partition coefficient (Wildman–Crippen LogP) is 4.36. The van der Waals surface area contributed by atoms with E-state index in [2.05, 4.69) is 4.98 Å². The second kappa shape index (κ2) is 6.48. The fourth-order valence-corrected chi connectivity index (χ4v) is 3.51. The van der Waals surface area contributed by atoms with Gasteiger partial charge in [-0.2, -0.15) is 0 Å². The number of fused-ring (bicyclic) bond motifs is 1. The minimum Gasteiger partial charge on any atom is -0.287 e. The van der Waals surface area contributed by atoms with E-state index in [9.17, 15) is 4.79 Å². The Balaban J connectivity index is 2.14. The van der Waals surface area contributed by atoms with Gasteiger partial charge in [0.25, 0.3) is 11.4 Å². The van der Waals surface area contributed by atoms with Gasteiger partial charge >= 0.3 is 0 Å². The van der Waals surface area contributed by atoms with Crippen LogP contribution in [0.1, 0.15) is 0 Å². The first kappa shape index (κ1) is 16.6. The summed E-state index contributed by atoms with van der Waals surface area (Å²) in [7, 11) is 0. The topological polar surface area (TPSA) is 62.2 Å². The SMILES string of the molecule is Nc1cc2c(ccc(=O)n2-c2ccccc2Cl)c(-c2ccccc2Cl)[nH+]1. The van der Waals surface area contributed by atoms with Crippen molar-refractivity contribution in [2.75, 3.05) is 5.73 Å². The largest absolute Gasteiger partial charge is 0.287 e. The number of aromatic nitrogens is 2. The Labute approximate surface area is 159 Å². The van der Waals surface area contributed by atoms with Crippen LogP contribution >= 0.6 is 23.2 Å². The molecule has 0 atom stereocenters. The van der Waals surface area contributed by atoms with E-state index in [-0.39, 0.29) is 5.56 Å². The van der Waals surface area contributed by atoms with Crippen LogP contribution in [-0.4, -0.2) is 4.57 Å². The zero-order valence-corrected chi connectivity index (χ0v) is 15.1. The van der Waals surface area contributed by atoms with E-state index in [0.717, 1.165) is 16.6 Å². The molecule has 4 rings (SSSR count). The quantitative estimate of drug-likeness (QED) is 0.559. The Morgan fingerprint density at radius 3 is 2.31 bits per heavy atom. The van der Waals surface area contributed by atoms with Gasteiger partial charge in [0.2, 0.25) is 0 Å². The molecule has 0 aliphatic heterocycles. The molecule has 3 N–H and O–H groups in total. The maximum atomic E-state index is 12.6. The van der Waals surface area contributed by atoms with Crippen LogP contribution in [0.15, 0.2) is 71.5 Å². The van der Waals surface area contributed by atoms with Crippen molar-refractivity contribution in [3.05, 3.63) is 87.1 Å². The van der Waals surface area contributed by atoms with Gasteiger partial charge in [-0.25, -0.2) is 4.98 Å². The molecule has 0 unspecified atom stereocenters. The zero-order chi connectivity index (χ0) is 18.3. The summed E-state index contributed by atoms with van der Waals surface area (Å²) in [4.78, 5) is 15.8. The van der Waals surface area contributed by atoms with Crippen LogP contribution in [0.4, 0.5) is 5.82 Å². The highest BCUT2D eigenvalue weighted by Gasteiger charge is 2.17. The normalized spacial score (nSPS) is 11.0. The Bertz CT molecular complexity index is 1200. The van der Waals surface area contributed by atoms with E-state index in [1.807, 2.05) is 36.4 Å². The number of nitrogen functional groups attached to an aromatic ring is 1. The molecule has 0 saturated carbocycles. The molecule has 128 valence electrons. The van der Waals surface area contributed by atoms with E-state index >= 15 is 0 Å². The van der Waals surface area contributed by atoms with Gasteiger partial charge in [0, 0.05) is 17.0 Å². The van der Waals surface area contributed by atoms with E-state index in [4.69, 9.17) is 28.9 Å². The Hall–Kier alpha value is -2.82. The second-order valence-corrected chi connectivity index (χ2v) is 6.65. The average Bonchev–Trinajstić information content (AvgIpc) is 2.62. The minimum absolute atomic E-state index is 0.193. The lowest BCUT2D eigenvalue weighted by Gasteiger charge is -2.13. The Kier molecular flexibility index (Phi) is 4.15. The molecule has 0 aliphatic rings. The number of H-pyrrole nitrogens is 1. The third kappa shape index (κ3) is 2.73. The number of rotatable bonds is 2. The smallest absolute Gasteiger partial charge is 0.272 e. The monoisotopic (exact) mass is 382 g/mol. The summed E-state index contributed by atoms with van der Waals surface area (Å²) < 4.78 is 1.56. The molecule has 2 aromatic carbocycles. The van der Waals surface area contributed by atoms with Gasteiger partial charge in [0.15, 0.2) is 0 Å². The number of nitrogens with zero attached hydrogens (tertiary/aromatic N) is 1. The van der Waals surface area contributed by atoms with Crippen molar-refractivity contribution in [2.24, 2.45) is 0 Å². The molecule has 0 aliphatic carbocycles. The number of anilines is 1. The summed E-state index contributed by atoms with van der Waals surface area (Å²) >= 11 is 12.7. The minimum atomic E-state index is -0.193. The number of nitrogens with one attached hydrogen (secondary N) is 1. The van der Waals surface area contributed by atoms with Gasteiger partial charge in [-0.3, -0.25) is 15.1 Å². The van der Waals surface area contributed by atoms with Crippen LogP contribution in [-0.2, 0) is 0 Å². The number of halogens is 2. The molecule has 0 bridgehead atoms. The van der Waals surface area contributed by atoms with Crippen molar-refractivity contribution >= 4 is 39.9 Å². The number of hydrogen-bond acceptors (Lipinski definition) is 2. The number of hydrogen-bond donors (Lipinski definition) is 1. The maximum absolute atomic E-state index is 12.6. The first-order valence-electron chi connectivity index (χ1n) is 7.93. The van der Waals surface area contributed by atoms with Crippen molar-refractivity contribution in [1.29, 1.82) is 0 Å². The standard InChI is InChI=1S/C20H13Cl2N3O/c21-14-6-2-1-5-12(14)20-13-9-10-19(26)25(17(13)11-18(23)24-20)16-8-4-3-7-15(16)22/h1-11H,(H2,23,24)/p+1. The third-order valence-electron chi connectivity index (χ3n) is 4.20. The first-order chi connectivity index (χ1) is 12.6. The Morgan fingerprint density at radius 1 is 0.885 bits per heavy atom. The van der Waals surface area contributed by atoms with Crippen LogP contribution in [0.25, 0.3) is 27.8 Å². The molecule has 2 heterocycles. The molecule has 0 saturated heterocycles. The summed E-state index contributed by atoms with van der Waals surface area (Å²) in [6.45, 7) is 0. The van der Waals surface area contributed by atoms with Gasteiger partial charge in [-0.1, -0.05) is 47.5 Å². The van der Waals surface area contributed by atoms with E-state index < -0.39 is 0 Å². The molecule has 4 aromatic rings. The number of pyridine rings is 2. The molecule has 2 aromatic heterocycles. The zero-order valence-electron chi connectivity index (χ0n) is 13.5. The first-order valence-corrected chi connectivity index (χ1v) is 8.69. The van der Waals surface area contributed by atoms with E-state index in [0.29, 0.717) is 27.1 Å². The lowest BCUT2D eigenvalue weighted by molar-refractivity contribution is -0.345. The average molecular weight is 383 g/mol.